The third-order valence-corrected chi connectivity index (χ3v) is 3.13. The molecule has 1 amide bonds. The van der Waals surface area contributed by atoms with Gasteiger partial charge >= 0.3 is 0 Å². The lowest BCUT2D eigenvalue weighted by molar-refractivity contribution is -0.119. The molecule has 6 heteroatoms. The molecule has 2 aromatic heterocycles. The third kappa shape index (κ3) is 4.10. The first-order chi connectivity index (χ1) is 9.15. The molecule has 2 aromatic rings. The molecule has 19 heavy (non-hydrogen) atoms. The molecule has 0 bridgehead atoms. The van der Waals surface area contributed by atoms with E-state index in [1.54, 1.807) is 12.3 Å². The first-order valence-corrected chi connectivity index (χ1v) is 6.93. The number of amides is 1. The van der Waals surface area contributed by atoms with Gasteiger partial charge in [0, 0.05) is 6.04 Å². The van der Waals surface area contributed by atoms with Crippen molar-refractivity contribution in [2.75, 3.05) is 5.75 Å². The van der Waals surface area contributed by atoms with Crippen molar-refractivity contribution in [1.82, 2.24) is 15.5 Å². The van der Waals surface area contributed by atoms with Crippen LogP contribution in [0, 0.1) is 0 Å². The van der Waals surface area contributed by atoms with Crippen LogP contribution in [0.1, 0.15) is 13.8 Å². The highest BCUT2D eigenvalue weighted by molar-refractivity contribution is 7.99. The van der Waals surface area contributed by atoms with E-state index in [4.69, 9.17) is 4.42 Å². The minimum Gasteiger partial charge on any atom is -0.463 e. The van der Waals surface area contributed by atoms with E-state index in [2.05, 4.69) is 15.5 Å². The zero-order valence-electron chi connectivity index (χ0n) is 10.8. The lowest BCUT2D eigenvalue weighted by Crippen LogP contribution is -2.31. The molecule has 1 N–H and O–H groups in total. The second-order valence-electron chi connectivity index (χ2n) is 4.25. The molecule has 0 atom stereocenters. The molecule has 0 fully saturated rings. The molecular formula is C13H15N3O2S. The number of thioether (sulfide) groups is 1. The van der Waals surface area contributed by atoms with Crippen LogP contribution in [0.3, 0.4) is 0 Å². The summed E-state index contributed by atoms with van der Waals surface area (Å²) in [5, 5.41) is 11.7. The van der Waals surface area contributed by atoms with Gasteiger partial charge in [0.05, 0.1) is 12.0 Å². The van der Waals surface area contributed by atoms with Crippen LogP contribution in [0.5, 0.6) is 0 Å². The second-order valence-corrected chi connectivity index (χ2v) is 5.24. The fourth-order valence-electron chi connectivity index (χ4n) is 1.46. The van der Waals surface area contributed by atoms with Crippen molar-refractivity contribution >= 4 is 17.7 Å². The van der Waals surface area contributed by atoms with Gasteiger partial charge in [-0.25, -0.2) is 0 Å². The minimum absolute atomic E-state index is 0.00286. The zero-order chi connectivity index (χ0) is 13.7. The largest absolute Gasteiger partial charge is 0.463 e. The molecule has 0 aliphatic rings. The van der Waals surface area contributed by atoms with Crippen molar-refractivity contribution in [3.63, 3.8) is 0 Å². The van der Waals surface area contributed by atoms with Crippen molar-refractivity contribution in [2.24, 2.45) is 0 Å². The van der Waals surface area contributed by atoms with Crippen LogP contribution in [0.2, 0.25) is 0 Å². The van der Waals surface area contributed by atoms with E-state index in [1.165, 1.54) is 11.8 Å². The SMILES string of the molecule is CC(C)NC(=O)CSc1ccc(-c2ccco2)nn1. The van der Waals surface area contributed by atoms with Gasteiger partial charge in [-0.3, -0.25) is 4.79 Å². The van der Waals surface area contributed by atoms with Crippen molar-refractivity contribution in [3.8, 4) is 11.5 Å². The summed E-state index contributed by atoms with van der Waals surface area (Å²) in [5.74, 6) is 1.02. The molecule has 0 saturated heterocycles. The highest BCUT2D eigenvalue weighted by Crippen LogP contribution is 2.19. The average Bonchev–Trinajstić information content (AvgIpc) is 2.90. The number of nitrogens with one attached hydrogen (secondary N) is 1. The van der Waals surface area contributed by atoms with Crippen LogP contribution in [-0.2, 0) is 4.79 Å². The maximum atomic E-state index is 11.5. The Labute approximate surface area is 115 Å². The maximum Gasteiger partial charge on any atom is 0.230 e. The quantitative estimate of drug-likeness (QED) is 0.850. The Kier molecular flexibility index (Phi) is 4.57. The van der Waals surface area contributed by atoms with Gasteiger partial charge in [0.2, 0.25) is 5.91 Å². The number of nitrogens with zero attached hydrogens (tertiary/aromatic N) is 2. The fraction of sp³-hybridized carbons (Fsp3) is 0.308. The van der Waals surface area contributed by atoms with Crippen LogP contribution in [0.4, 0.5) is 0 Å². The monoisotopic (exact) mass is 277 g/mol. The summed E-state index contributed by atoms with van der Waals surface area (Å²) < 4.78 is 5.23. The highest BCUT2D eigenvalue weighted by atomic mass is 32.2. The van der Waals surface area contributed by atoms with Gasteiger partial charge < -0.3 is 9.73 Å². The normalized spacial score (nSPS) is 10.7. The van der Waals surface area contributed by atoms with Crippen LogP contribution < -0.4 is 5.32 Å². The van der Waals surface area contributed by atoms with E-state index < -0.39 is 0 Å². The van der Waals surface area contributed by atoms with Crippen LogP contribution in [0.15, 0.2) is 40.0 Å². The number of carbonyl (C=O) groups excluding carboxylic acids is 1. The van der Waals surface area contributed by atoms with Crippen LogP contribution in [0.25, 0.3) is 11.5 Å². The molecule has 0 spiro atoms. The fourth-order valence-corrected chi connectivity index (χ4v) is 2.08. The second kappa shape index (κ2) is 6.38. The van der Waals surface area contributed by atoms with Gasteiger partial charge in [0.25, 0.3) is 0 Å². The number of carbonyl (C=O) groups is 1. The molecule has 5 nitrogen and oxygen atoms in total. The summed E-state index contributed by atoms with van der Waals surface area (Å²) in [6.07, 6.45) is 1.59. The molecule has 0 aromatic carbocycles. The highest BCUT2D eigenvalue weighted by Gasteiger charge is 2.07. The van der Waals surface area contributed by atoms with E-state index >= 15 is 0 Å². The Hall–Kier alpha value is -1.82. The Morgan fingerprint density at radius 1 is 1.37 bits per heavy atom. The number of rotatable bonds is 5. The van der Waals surface area contributed by atoms with Gasteiger partial charge in [0.1, 0.15) is 10.7 Å². The van der Waals surface area contributed by atoms with E-state index in [0.717, 1.165) is 0 Å². The Bertz CT molecular complexity index is 523. The first-order valence-electron chi connectivity index (χ1n) is 5.95. The summed E-state index contributed by atoms with van der Waals surface area (Å²) in [6, 6.07) is 7.44. The first kappa shape index (κ1) is 13.6. The predicted molar refractivity (Wildman–Crippen MR) is 73.7 cm³/mol. The average molecular weight is 277 g/mol. The molecule has 0 aliphatic carbocycles. The molecule has 0 radical (unpaired) electrons. The van der Waals surface area contributed by atoms with Crippen LogP contribution in [-0.4, -0.2) is 27.9 Å². The number of hydrogen-bond acceptors (Lipinski definition) is 5. The van der Waals surface area contributed by atoms with E-state index in [9.17, 15) is 4.79 Å². The summed E-state index contributed by atoms with van der Waals surface area (Å²) >= 11 is 1.36. The molecule has 2 heterocycles. The topological polar surface area (TPSA) is 68.0 Å². The van der Waals surface area contributed by atoms with Crippen molar-refractivity contribution < 1.29 is 9.21 Å². The lowest BCUT2D eigenvalue weighted by Gasteiger charge is -2.07. The Balaban J connectivity index is 1.91. The van der Waals surface area contributed by atoms with Crippen molar-refractivity contribution in [2.45, 2.75) is 24.9 Å². The Morgan fingerprint density at radius 2 is 2.21 bits per heavy atom. The van der Waals surface area contributed by atoms with Crippen molar-refractivity contribution in [1.29, 1.82) is 0 Å². The molecular weight excluding hydrogens is 262 g/mol. The summed E-state index contributed by atoms with van der Waals surface area (Å²) in [7, 11) is 0. The smallest absolute Gasteiger partial charge is 0.230 e. The van der Waals surface area contributed by atoms with Crippen molar-refractivity contribution in [3.05, 3.63) is 30.5 Å². The Morgan fingerprint density at radius 3 is 2.79 bits per heavy atom. The molecule has 0 aliphatic heterocycles. The molecule has 100 valence electrons. The van der Waals surface area contributed by atoms with Gasteiger partial charge in [-0.2, -0.15) is 0 Å². The molecule has 2 rings (SSSR count). The van der Waals surface area contributed by atoms with Gasteiger partial charge in [-0.15, -0.1) is 10.2 Å². The van der Waals surface area contributed by atoms with E-state index in [1.807, 2.05) is 32.0 Å². The summed E-state index contributed by atoms with van der Waals surface area (Å²) in [4.78, 5) is 11.5. The van der Waals surface area contributed by atoms with E-state index in [-0.39, 0.29) is 11.9 Å². The number of aromatic nitrogens is 2. The van der Waals surface area contributed by atoms with Gasteiger partial charge in [0.15, 0.2) is 5.76 Å². The maximum absolute atomic E-state index is 11.5. The predicted octanol–water partition coefficient (Wildman–Crippen LogP) is 2.35. The van der Waals surface area contributed by atoms with Gasteiger partial charge in [-0.05, 0) is 38.1 Å². The lowest BCUT2D eigenvalue weighted by atomic mass is 10.3. The van der Waals surface area contributed by atoms with E-state index in [0.29, 0.717) is 22.2 Å². The molecule has 0 saturated carbocycles. The summed E-state index contributed by atoms with van der Waals surface area (Å²) in [6.45, 7) is 3.86. The van der Waals surface area contributed by atoms with Gasteiger partial charge in [-0.1, -0.05) is 11.8 Å². The summed E-state index contributed by atoms with van der Waals surface area (Å²) in [5.41, 5.74) is 0.681. The third-order valence-electron chi connectivity index (χ3n) is 2.21. The van der Waals surface area contributed by atoms with Crippen LogP contribution >= 0.6 is 11.8 Å². The standard InChI is InChI=1S/C13H15N3O2S/c1-9(2)14-12(17)8-19-13-6-5-10(15-16-13)11-4-3-7-18-11/h3-7,9H,8H2,1-2H3,(H,14,17). The zero-order valence-corrected chi connectivity index (χ0v) is 11.6. The number of furan rings is 1. The minimum atomic E-state index is -0.00286. The molecule has 0 unspecified atom stereocenters. The number of hydrogen-bond donors (Lipinski definition) is 1.